The Hall–Kier alpha value is -5.80. The lowest BCUT2D eigenvalue weighted by atomic mass is 9.33. The number of rotatable bonds is 4. The standard InChI is InChI=1S/C67H75BN2/c1-41-32-59-61-60(33-41)70(56-35-44(23-22-42(56)2)43-20-18-17-19-21-43)57-37-47(63(6,7)8)25-28-53(57)68(61)54-38-51-52(67(15,16)40-66(51,13)14)39-58(54)69(59)55-29-26-46(62(3,4)5)36-48(55)45-24-27-49-50(34-45)65(11,12)31-30-64(49,9)10/h17-29,32-39H,30-31,40H2,1-16H3. The van der Waals surface area contributed by atoms with Crippen LogP contribution in [-0.4, -0.2) is 6.71 Å². The summed E-state index contributed by atoms with van der Waals surface area (Å²) in [5.41, 5.74) is 28.2. The third-order valence-corrected chi connectivity index (χ3v) is 17.4. The Bertz CT molecular complexity index is 3290. The SMILES string of the molecule is Cc1cc2c3c(c1)N(c1ccc(C(C)(C)C)cc1-c1ccc4c(c1)C(C)(C)CCC4(C)C)c1cc4c(cc1B3c1ccc(C(C)(C)C)cc1N2c1cc(-c2ccccc2)ccc1C)C(C)(C)CC4(C)C. The number of anilines is 6. The van der Waals surface area contributed by atoms with Gasteiger partial charge in [0.25, 0.3) is 6.71 Å². The first-order chi connectivity index (χ1) is 32.7. The van der Waals surface area contributed by atoms with Gasteiger partial charge in [-0.05, 0) is 186 Å². The highest BCUT2D eigenvalue weighted by Crippen LogP contribution is 2.55. The van der Waals surface area contributed by atoms with Crippen molar-refractivity contribution in [2.45, 2.75) is 163 Å². The molecule has 7 aromatic carbocycles. The zero-order chi connectivity index (χ0) is 49.8. The van der Waals surface area contributed by atoms with Gasteiger partial charge in [-0.2, -0.15) is 0 Å². The number of hydrogen-bond donors (Lipinski definition) is 0. The van der Waals surface area contributed by atoms with Gasteiger partial charge in [-0.1, -0.05) is 182 Å². The molecule has 0 radical (unpaired) electrons. The molecule has 7 aromatic rings. The monoisotopic (exact) mass is 919 g/mol. The molecule has 2 nitrogen and oxygen atoms in total. The Kier molecular flexibility index (Phi) is 10.2. The van der Waals surface area contributed by atoms with Gasteiger partial charge >= 0.3 is 0 Å². The summed E-state index contributed by atoms with van der Waals surface area (Å²) in [6.07, 6.45) is 3.50. The molecule has 0 atom stereocenters. The molecule has 0 spiro atoms. The van der Waals surface area contributed by atoms with Crippen LogP contribution in [0.1, 0.15) is 161 Å². The highest BCUT2D eigenvalue weighted by atomic mass is 15.2. The Morgan fingerprint density at radius 3 is 1.63 bits per heavy atom. The summed E-state index contributed by atoms with van der Waals surface area (Å²) in [6.45, 7) is 38.5. The van der Waals surface area contributed by atoms with Gasteiger partial charge in [0, 0.05) is 34.0 Å². The fourth-order valence-corrected chi connectivity index (χ4v) is 13.4. The van der Waals surface area contributed by atoms with Crippen LogP contribution in [0.3, 0.4) is 0 Å². The van der Waals surface area contributed by atoms with E-state index < -0.39 is 0 Å². The van der Waals surface area contributed by atoms with E-state index in [0.29, 0.717) is 0 Å². The minimum atomic E-state index is -0.0331. The predicted octanol–water partition coefficient (Wildman–Crippen LogP) is 16.6. The normalized spacial score (nSPS) is 17.9. The summed E-state index contributed by atoms with van der Waals surface area (Å²) < 4.78 is 0. The molecule has 0 bridgehead atoms. The van der Waals surface area contributed by atoms with Gasteiger partial charge in [0.15, 0.2) is 0 Å². The lowest BCUT2D eigenvalue weighted by Crippen LogP contribution is -2.61. The molecule has 2 aliphatic heterocycles. The molecule has 0 fully saturated rings. The van der Waals surface area contributed by atoms with Gasteiger partial charge < -0.3 is 9.80 Å². The molecule has 0 amide bonds. The number of nitrogens with zero attached hydrogens (tertiary/aromatic N) is 2. The summed E-state index contributed by atoms with van der Waals surface area (Å²) in [5, 5.41) is 0. The van der Waals surface area contributed by atoms with E-state index in [2.05, 4.69) is 248 Å². The molecule has 356 valence electrons. The number of aryl methyl sites for hydroxylation is 2. The average molecular weight is 919 g/mol. The smallest absolute Gasteiger partial charge is 0.252 e. The van der Waals surface area contributed by atoms with E-state index in [9.17, 15) is 0 Å². The zero-order valence-corrected chi connectivity index (χ0v) is 45.2. The molecular weight excluding hydrogens is 844 g/mol. The van der Waals surface area contributed by atoms with E-state index in [4.69, 9.17) is 0 Å². The van der Waals surface area contributed by atoms with Gasteiger partial charge in [0.05, 0.1) is 5.69 Å². The Labute approximate surface area is 421 Å². The topological polar surface area (TPSA) is 6.48 Å². The first-order valence-corrected chi connectivity index (χ1v) is 26.3. The van der Waals surface area contributed by atoms with Crippen molar-refractivity contribution in [3.05, 3.63) is 172 Å². The van der Waals surface area contributed by atoms with Crippen LogP contribution in [-0.2, 0) is 32.5 Å². The van der Waals surface area contributed by atoms with Crippen molar-refractivity contribution in [3.63, 3.8) is 0 Å². The van der Waals surface area contributed by atoms with Crippen molar-refractivity contribution in [2.24, 2.45) is 0 Å². The largest absolute Gasteiger partial charge is 0.311 e. The van der Waals surface area contributed by atoms with Crippen LogP contribution in [0.5, 0.6) is 0 Å². The molecule has 0 aromatic heterocycles. The lowest BCUT2D eigenvalue weighted by molar-refractivity contribution is 0.332. The summed E-state index contributed by atoms with van der Waals surface area (Å²) >= 11 is 0. The minimum absolute atomic E-state index is 0.0254. The second-order valence-electron chi connectivity index (χ2n) is 26.6. The maximum Gasteiger partial charge on any atom is 0.252 e. The van der Waals surface area contributed by atoms with Crippen LogP contribution in [0.25, 0.3) is 22.3 Å². The Morgan fingerprint density at radius 2 is 0.971 bits per heavy atom. The Morgan fingerprint density at radius 1 is 0.414 bits per heavy atom. The molecule has 11 rings (SSSR count). The second-order valence-corrected chi connectivity index (χ2v) is 26.6. The van der Waals surface area contributed by atoms with Crippen molar-refractivity contribution in [3.8, 4) is 22.3 Å². The predicted molar refractivity (Wildman–Crippen MR) is 304 cm³/mol. The van der Waals surface area contributed by atoms with Crippen LogP contribution in [0, 0.1) is 13.8 Å². The van der Waals surface area contributed by atoms with E-state index in [0.717, 1.165) is 6.42 Å². The quantitative estimate of drug-likeness (QED) is 0.162. The third-order valence-electron chi connectivity index (χ3n) is 17.4. The molecule has 0 saturated carbocycles. The van der Waals surface area contributed by atoms with Gasteiger partial charge in [-0.15, -0.1) is 0 Å². The summed E-state index contributed by atoms with van der Waals surface area (Å²) in [5.74, 6) is 0. The fourth-order valence-electron chi connectivity index (χ4n) is 13.4. The molecule has 0 N–H and O–H groups in total. The number of hydrogen-bond acceptors (Lipinski definition) is 2. The number of fused-ring (bicyclic) bond motifs is 6. The summed E-state index contributed by atoms with van der Waals surface area (Å²) in [6, 6.07) is 50.7. The van der Waals surface area contributed by atoms with E-state index in [-0.39, 0.29) is 39.2 Å². The minimum Gasteiger partial charge on any atom is -0.311 e. The summed E-state index contributed by atoms with van der Waals surface area (Å²) in [7, 11) is 0. The number of benzene rings is 7. The van der Waals surface area contributed by atoms with Crippen molar-refractivity contribution in [1.82, 2.24) is 0 Å². The molecule has 4 aliphatic rings. The highest BCUT2D eigenvalue weighted by Gasteiger charge is 2.49. The first-order valence-electron chi connectivity index (χ1n) is 26.3. The van der Waals surface area contributed by atoms with Crippen LogP contribution < -0.4 is 26.2 Å². The van der Waals surface area contributed by atoms with Crippen molar-refractivity contribution >= 4 is 57.2 Å². The molecule has 0 unspecified atom stereocenters. The summed E-state index contributed by atoms with van der Waals surface area (Å²) in [4.78, 5) is 5.37. The second kappa shape index (κ2) is 15.4. The molecule has 2 aliphatic carbocycles. The zero-order valence-electron chi connectivity index (χ0n) is 45.2. The van der Waals surface area contributed by atoms with Gasteiger partial charge in [-0.3, -0.25) is 0 Å². The van der Waals surface area contributed by atoms with E-state index in [1.807, 2.05) is 0 Å². The van der Waals surface area contributed by atoms with Crippen molar-refractivity contribution in [1.29, 1.82) is 0 Å². The molecule has 3 heteroatoms. The highest BCUT2D eigenvalue weighted by molar-refractivity contribution is 7.00. The lowest BCUT2D eigenvalue weighted by Gasteiger charge is -2.46. The van der Waals surface area contributed by atoms with Crippen molar-refractivity contribution in [2.75, 3.05) is 9.80 Å². The van der Waals surface area contributed by atoms with E-state index >= 15 is 0 Å². The van der Waals surface area contributed by atoms with Gasteiger partial charge in [0.1, 0.15) is 0 Å². The maximum absolute atomic E-state index is 2.72. The van der Waals surface area contributed by atoms with Crippen LogP contribution in [0.15, 0.2) is 127 Å². The van der Waals surface area contributed by atoms with Crippen LogP contribution in [0.4, 0.5) is 34.1 Å². The maximum atomic E-state index is 2.72. The van der Waals surface area contributed by atoms with Crippen molar-refractivity contribution < 1.29 is 0 Å². The van der Waals surface area contributed by atoms with Crippen LogP contribution in [0.2, 0.25) is 0 Å². The molecular formula is C67H75BN2. The molecule has 0 saturated heterocycles. The van der Waals surface area contributed by atoms with Crippen LogP contribution >= 0.6 is 0 Å². The Balaban J connectivity index is 1.26. The van der Waals surface area contributed by atoms with E-state index in [1.54, 1.807) is 0 Å². The fraction of sp³-hybridized carbons (Fsp3) is 0.373. The average Bonchev–Trinajstić information content (AvgIpc) is 3.48. The van der Waals surface area contributed by atoms with Gasteiger partial charge in [0.2, 0.25) is 0 Å². The van der Waals surface area contributed by atoms with E-state index in [1.165, 1.54) is 130 Å². The molecule has 70 heavy (non-hydrogen) atoms. The van der Waals surface area contributed by atoms with Gasteiger partial charge in [-0.25, -0.2) is 0 Å². The third kappa shape index (κ3) is 7.26. The first kappa shape index (κ1) is 46.6. The molecule has 2 heterocycles.